The summed E-state index contributed by atoms with van der Waals surface area (Å²) in [5.74, 6) is -3.22. The van der Waals surface area contributed by atoms with Crippen molar-refractivity contribution in [2.75, 3.05) is 23.3 Å². The number of anilines is 2. The fourth-order valence-electron chi connectivity index (χ4n) is 2.73. The minimum absolute atomic E-state index is 0.163. The average molecular weight is 469 g/mol. The van der Waals surface area contributed by atoms with E-state index >= 15 is 0 Å². The number of nitrogens with zero attached hydrogens (tertiary/aromatic N) is 3. The molecule has 1 saturated heterocycles. The fraction of sp³-hybridized carbons (Fsp3) is 0.312. The Kier molecular flexibility index (Phi) is 5.60. The maximum atomic E-state index is 13.1. The van der Waals surface area contributed by atoms with E-state index in [2.05, 4.69) is 15.3 Å². The molecule has 15 heteroatoms. The number of sulfonamides is 1. The summed E-state index contributed by atoms with van der Waals surface area (Å²) in [6.45, 7) is -1.15. The van der Waals surface area contributed by atoms with Crippen molar-refractivity contribution in [1.29, 1.82) is 0 Å². The molecule has 3 heterocycles. The van der Waals surface area contributed by atoms with E-state index in [0.717, 1.165) is 23.2 Å². The highest BCUT2D eigenvalue weighted by Gasteiger charge is 2.48. The molecule has 0 saturated carbocycles. The van der Waals surface area contributed by atoms with Gasteiger partial charge in [-0.25, -0.2) is 23.5 Å². The molecule has 3 rings (SSSR count). The average Bonchev–Trinajstić information content (AvgIpc) is 2.58. The molecule has 1 fully saturated rings. The Morgan fingerprint density at radius 1 is 1.13 bits per heavy atom. The van der Waals surface area contributed by atoms with Crippen LogP contribution in [-0.2, 0) is 16.2 Å². The van der Waals surface area contributed by atoms with Gasteiger partial charge in [-0.1, -0.05) is 0 Å². The van der Waals surface area contributed by atoms with Crippen LogP contribution in [0.3, 0.4) is 0 Å². The van der Waals surface area contributed by atoms with Crippen LogP contribution in [-0.4, -0.2) is 43.6 Å². The van der Waals surface area contributed by atoms with E-state index in [-0.39, 0.29) is 11.5 Å². The summed E-state index contributed by atoms with van der Waals surface area (Å²) in [4.78, 5) is 20.7. The minimum atomic E-state index is -4.86. The van der Waals surface area contributed by atoms with E-state index in [4.69, 9.17) is 5.14 Å². The van der Waals surface area contributed by atoms with Gasteiger partial charge in [-0.15, -0.1) is 0 Å². The van der Waals surface area contributed by atoms with Gasteiger partial charge in [0.15, 0.2) is 5.03 Å². The van der Waals surface area contributed by atoms with Gasteiger partial charge >= 0.3 is 12.4 Å². The van der Waals surface area contributed by atoms with Gasteiger partial charge in [0.05, 0.1) is 17.0 Å². The number of nitrogens with two attached hydrogens (primary N) is 1. The lowest BCUT2D eigenvalue weighted by Crippen LogP contribution is -2.54. The number of aromatic nitrogens is 2. The van der Waals surface area contributed by atoms with Crippen molar-refractivity contribution in [3.63, 3.8) is 0 Å². The zero-order valence-electron chi connectivity index (χ0n) is 15.2. The maximum absolute atomic E-state index is 13.1. The van der Waals surface area contributed by atoms with Crippen LogP contribution in [0.2, 0.25) is 0 Å². The standard InChI is InChI=1S/C16H13F6N5O3S/c17-15(18,19)8-3-11(13(25-5-8)27-6-9(7-27)16(20,21)22)14(28)26-10-1-2-24-12(4-10)31(23,29)30/h1-5,9H,6-7H2,(H2,23,29,30)(H,24,26,28). The van der Waals surface area contributed by atoms with Crippen LogP contribution < -0.4 is 15.4 Å². The molecular weight excluding hydrogens is 456 g/mol. The molecule has 0 unspecified atom stereocenters. The Morgan fingerprint density at radius 2 is 1.77 bits per heavy atom. The Labute approximate surface area is 171 Å². The number of nitrogens with one attached hydrogen (secondary N) is 1. The highest BCUT2D eigenvalue weighted by Crippen LogP contribution is 2.38. The largest absolute Gasteiger partial charge is 0.417 e. The first kappa shape index (κ1) is 22.7. The monoisotopic (exact) mass is 469 g/mol. The smallest absolute Gasteiger partial charge is 0.355 e. The van der Waals surface area contributed by atoms with Crippen molar-refractivity contribution < 1.29 is 39.6 Å². The van der Waals surface area contributed by atoms with E-state index in [1.165, 1.54) is 0 Å². The molecule has 0 aromatic carbocycles. The van der Waals surface area contributed by atoms with Crippen LogP contribution in [0.15, 0.2) is 35.6 Å². The van der Waals surface area contributed by atoms with Crippen LogP contribution in [0.5, 0.6) is 0 Å². The second-order valence-electron chi connectivity index (χ2n) is 6.62. The second-order valence-corrected chi connectivity index (χ2v) is 8.13. The summed E-state index contributed by atoms with van der Waals surface area (Å²) in [7, 11) is -4.23. The zero-order valence-corrected chi connectivity index (χ0v) is 16.0. The number of hydrogen-bond acceptors (Lipinski definition) is 6. The molecule has 0 radical (unpaired) electrons. The minimum Gasteiger partial charge on any atom is -0.355 e. The van der Waals surface area contributed by atoms with Gasteiger partial charge in [-0.3, -0.25) is 4.79 Å². The predicted octanol–water partition coefficient (Wildman–Crippen LogP) is 2.39. The molecule has 2 aromatic heterocycles. The lowest BCUT2D eigenvalue weighted by Gasteiger charge is -2.41. The third kappa shape index (κ3) is 5.04. The van der Waals surface area contributed by atoms with E-state index in [1.807, 2.05) is 0 Å². The highest BCUT2D eigenvalue weighted by atomic mass is 32.2. The van der Waals surface area contributed by atoms with Crippen molar-refractivity contribution in [1.82, 2.24) is 9.97 Å². The van der Waals surface area contributed by atoms with Gasteiger partial charge in [0.2, 0.25) is 0 Å². The Balaban J connectivity index is 1.93. The number of alkyl halides is 6. The van der Waals surface area contributed by atoms with E-state index in [0.29, 0.717) is 12.3 Å². The van der Waals surface area contributed by atoms with Crippen LogP contribution in [0, 0.1) is 5.92 Å². The zero-order chi connectivity index (χ0) is 23.2. The number of carbonyl (C=O) groups is 1. The number of halogens is 6. The van der Waals surface area contributed by atoms with Crippen LogP contribution >= 0.6 is 0 Å². The predicted molar refractivity (Wildman–Crippen MR) is 94.6 cm³/mol. The first-order chi connectivity index (χ1) is 14.2. The maximum Gasteiger partial charge on any atom is 0.417 e. The Bertz CT molecular complexity index is 1110. The lowest BCUT2D eigenvalue weighted by molar-refractivity contribution is -0.180. The summed E-state index contributed by atoms with van der Waals surface area (Å²) in [5.41, 5.74) is -2.08. The van der Waals surface area contributed by atoms with Crippen molar-refractivity contribution >= 4 is 27.4 Å². The third-order valence-electron chi connectivity index (χ3n) is 4.37. The third-order valence-corrected chi connectivity index (χ3v) is 5.17. The van der Waals surface area contributed by atoms with E-state index in [9.17, 15) is 39.6 Å². The van der Waals surface area contributed by atoms with Gasteiger partial charge in [0.1, 0.15) is 5.82 Å². The molecule has 1 aliphatic heterocycles. The molecule has 0 spiro atoms. The van der Waals surface area contributed by atoms with E-state index < -0.39 is 63.4 Å². The first-order valence-corrected chi connectivity index (χ1v) is 9.90. The van der Waals surface area contributed by atoms with Crippen LogP contribution in [0.1, 0.15) is 15.9 Å². The molecule has 3 N–H and O–H groups in total. The van der Waals surface area contributed by atoms with Gasteiger partial charge in [-0.2, -0.15) is 26.3 Å². The summed E-state index contributed by atoms with van der Waals surface area (Å²) in [6.07, 6.45) is -7.95. The van der Waals surface area contributed by atoms with Crippen molar-refractivity contribution in [2.45, 2.75) is 17.4 Å². The van der Waals surface area contributed by atoms with Crippen LogP contribution in [0.4, 0.5) is 37.8 Å². The molecule has 8 nitrogen and oxygen atoms in total. The summed E-state index contributed by atoms with van der Waals surface area (Å²) < 4.78 is 100. The number of carbonyl (C=O) groups excluding carboxylic acids is 1. The summed E-state index contributed by atoms with van der Waals surface area (Å²) >= 11 is 0. The van der Waals surface area contributed by atoms with Crippen LogP contribution in [0.25, 0.3) is 0 Å². The van der Waals surface area contributed by atoms with Crippen molar-refractivity contribution in [3.05, 3.63) is 41.7 Å². The quantitative estimate of drug-likeness (QED) is 0.664. The molecule has 0 atom stereocenters. The SMILES string of the molecule is NS(=O)(=O)c1cc(NC(=O)c2cc(C(F)(F)F)cnc2N2CC(C(F)(F)F)C2)ccn1. The summed E-state index contributed by atoms with van der Waals surface area (Å²) in [5, 5.41) is 6.51. The normalized spacial score (nSPS) is 15.5. The molecule has 0 bridgehead atoms. The van der Waals surface area contributed by atoms with Crippen molar-refractivity contribution in [2.24, 2.45) is 11.1 Å². The molecule has 2 aromatic rings. The molecule has 168 valence electrons. The van der Waals surface area contributed by atoms with Gasteiger partial charge in [0.25, 0.3) is 15.9 Å². The van der Waals surface area contributed by atoms with Gasteiger partial charge < -0.3 is 10.2 Å². The van der Waals surface area contributed by atoms with Gasteiger partial charge in [-0.05, 0) is 12.1 Å². The Hall–Kier alpha value is -2.94. The second kappa shape index (κ2) is 7.64. The number of rotatable bonds is 4. The van der Waals surface area contributed by atoms with Crippen molar-refractivity contribution in [3.8, 4) is 0 Å². The molecule has 1 amide bonds. The Morgan fingerprint density at radius 3 is 2.32 bits per heavy atom. The molecular formula is C16H13F6N5O3S. The number of amides is 1. The molecule has 31 heavy (non-hydrogen) atoms. The molecule has 1 aliphatic rings. The first-order valence-electron chi connectivity index (χ1n) is 8.35. The molecule has 0 aliphatic carbocycles. The topological polar surface area (TPSA) is 118 Å². The number of hydrogen-bond donors (Lipinski definition) is 2. The van der Waals surface area contributed by atoms with E-state index in [1.54, 1.807) is 0 Å². The number of primary sulfonamides is 1. The van der Waals surface area contributed by atoms with Gasteiger partial charge in [0, 0.05) is 37.2 Å². The lowest BCUT2D eigenvalue weighted by atomic mass is 9.98. The summed E-state index contributed by atoms with van der Waals surface area (Å²) in [6, 6.07) is 2.48. The number of pyridine rings is 2. The fourth-order valence-corrected chi connectivity index (χ4v) is 3.23. The highest BCUT2D eigenvalue weighted by molar-refractivity contribution is 7.89.